The summed E-state index contributed by atoms with van der Waals surface area (Å²) in [6, 6.07) is 4.06. The molecule has 1 aliphatic rings. The van der Waals surface area contributed by atoms with Crippen LogP contribution in [0.5, 0.6) is 5.88 Å². The van der Waals surface area contributed by atoms with E-state index in [0.717, 1.165) is 36.9 Å². The molecule has 1 saturated heterocycles. The van der Waals surface area contributed by atoms with Gasteiger partial charge in [-0.25, -0.2) is 4.98 Å². The number of nitrogens with one attached hydrogen (secondary N) is 1. The maximum Gasteiger partial charge on any atom is 0.233 e. The van der Waals surface area contributed by atoms with Gasteiger partial charge in [0.05, 0.1) is 18.8 Å². The first kappa shape index (κ1) is 13.9. The predicted octanol–water partition coefficient (Wildman–Crippen LogP) is 1.64. The van der Waals surface area contributed by atoms with Crippen LogP contribution in [0.2, 0.25) is 0 Å². The van der Waals surface area contributed by atoms with E-state index in [2.05, 4.69) is 30.3 Å². The molecule has 1 atom stereocenters. The van der Waals surface area contributed by atoms with Crippen molar-refractivity contribution in [2.24, 2.45) is 0 Å². The molecule has 0 saturated carbocycles. The van der Waals surface area contributed by atoms with Crippen LogP contribution < -0.4 is 4.74 Å². The van der Waals surface area contributed by atoms with Crippen LogP contribution in [-0.4, -0.2) is 43.9 Å². The Hall–Kier alpha value is -2.02. The van der Waals surface area contributed by atoms with E-state index >= 15 is 0 Å². The molecule has 0 aliphatic carbocycles. The highest BCUT2D eigenvalue weighted by Crippen LogP contribution is 2.29. The lowest BCUT2D eigenvalue weighted by Gasteiger charge is -2.33. The van der Waals surface area contributed by atoms with Crippen LogP contribution in [0.3, 0.4) is 0 Å². The van der Waals surface area contributed by atoms with E-state index in [-0.39, 0.29) is 6.04 Å². The monoisotopic (exact) mass is 288 g/mol. The molecule has 1 aliphatic heterocycles. The van der Waals surface area contributed by atoms with Gasteiger partial charge in [-0.15, -0.1) is 5.10 Å². The number of aromatic nitrogens is 5. The number of aryl methyl sites for hydroxylation is 1. The van der Waals surface area contributed by atoms with Crippen LogP contribution in [0.1, 0.15) is 42.6 Å². The van der Waals surface area contributed by atoms with Crippen molar-refractivity contribution < 1.29 is 4.74 Å². The van der Waals surface area contributed by atoms with Crippen molar-refractivity contribution in [3.8, 4) is 5.88 Å². The van der Waals surface area contributed by atoms with Gasteiger partial charge in [0.2, 0.25) is 5.88 Å². The standard InChI is InChI=1S/C14H20N6O/c1-10-15-14(19-16-10)12-5-3-4-8-20(12)9-11-6-7-13(21-2)18-17-11/h6-7,12H,3-5,8-9H2,1-2H3,(H,15,16,19). The number of methoxy groups -OCH3 is 1. The second kappa shape index (κ2) is 6.17. The van der Waals surface area contributed by atoms with Crippen molar-refractivity contribution in [2.45, 2.75) is 38.8 Å². The summed E-state index contributed by atoms with van der Waals surface area (Å²) >= 11 is 0. The van der Waals surface area contributed by atoms with Gasteiger partial charge in [-0.3, -0.25) is 10.00 Å². The second-order valence-corrected chi connectivity index (χ2v) is 5.33. The molecular weight excluding hydrogens is 268 g/mol. The number of hydrogen-bond acceptors (Lipinski definition) is 6. The number of nitrogens with zero attached hydrogens (tertiary/aromatic N) is 5. The van der Waals surface area contributed by atoms with Crippen molar-refractivity contribution in [1.29, 1.82) is 0 Å². The zero-order valence-electron chi connectivity index (χ0n) is 12.4. The molecule has 1 N–H and O–H groups in total. The van der Waals surface area contributed by atoms with Crippen LogP contribution in [0.4, 0.5) is 0 Å². The van der Waals surface area contributed by atoms with Crippen molar-refractivity contribution in [3.05, 3.63) is 29.5 Å². The van der Waals surface area contributed by atoms with Crippen LogP contribution in [0.25, 0.3) is 0 Å². The summed E-state index contributed by atoms with van der Waals surface area (Å²) in [5, 5.41) is 15.5. The molecule has 3 rings (SSSR count). The molecule has 2 aromatic rings. The molecule has 0 aromatic carbocycles. The molecule has 112 valence electrons. The van der Waals surface area contributed by atoms with Gasteiger partial charge >= 0.3 is 0 Å². The van der Waals surface area contributed by atoms with E-state index in [4.69, 9.17) is 4.74 Å². The van der Waals surface area contributed by atoms with E-state index in [0.29, 0.717) is 5.88 Å². The van der Waals surface area contributed by atoms with Gasteiger partial charge in [-0.1, -0.05) is 6.42 Å². The summed E-state index contributed by atoms with van der Waals surface area (Å²) in [6.45, 7) is 3.72. The number of H-pyrrole nitrogens is 1. The Bertz CT molecular complexity index is 581. The summed E-state index contributed by atoms with van der Waals surface area (Å²) in [7, 11) is 1.59. The summed E-state index contributed by atoms with van der Waals surface area (Å²) in [5.41, 5.74) is 0.940. The van der Waals surface area contributed by atoms with Crippen LogP contribution in [-0.2, 0) is 6.54 Å². The molecule has 7 heteroatoms. The molecule has 0 amide bonds. The summed E-state index contributed by atoms with van der Waals surface area (Å²) < 4.78 is 5.04. The van der Waals surface area contributed by atoms with Gasteiger partial charge in [0.15, 0.2) is 5.82 Å². The third-order valence-corrected chi connectivity index (χ3v) is 3.80. The van der Waals surface area contributed by atoms with Gasteiger partial charge in [0.25, 0.3) is 0 Å². The minimum Gasteiger partial charge on any atom is -0.480 e. The fraction of sp³-hybridized carbons (Fsp3) is 0.571. The van der Waals surface area contributed by atoms with E-state index < -0.39 is 0 Å². The molecule has 0 bridgehead atoms. The van der Waals surface area contributed by atoms with Crippen LogP contribution >= 0.6 is 0 Å². The van der Waals surface area contributed by atoms with Crippen molar-refractivity contribution >= 4 is 0 Å². The van der Waals surface area contributed by atoms with Gasteiger partial charge < -0.3 is 4.74 Å². The van der Waals surface area contributed by atoms with Crippen molar-refractivity contribution in [1.82, 2.24) is 30.3 Å². The van der Waals surface area contributed by atoms with Crippen LogP contribution in [0.15, 0.2) is 12.1 Å². The van der Waals surface area contributed by atoms with Gasteiger partial charge in [-0.2, -0.15) is 10.2 Å². The number of piperidine rings is 1. The third kappa shape index (κ3) is 3.18. The molecule has 0 radical (unpaired) electrons. The van der Waals surface area contributed by atoms with Crippen molar-refractivity contribution in [3.63, 3.8) is 0 Å². The largest absolute Gasteiger partial charge is 0.480 e. The normalized spacial score (nSPS) is 19.6. The fourth-order valence-corrected chi connectivity index (χ4v) is 2.73. The number of rotatable bonds is 4. The Kier molecular flexibility index (Phi) is 4.10. The van der Waals surface area contributed by atoms with Gasteiger partial charge in [0, 0.05) is 12.6 Å². The number of hydrogen-bond donors (Lipinski definition) is 1. The molecule has 1 unspecified atom stereocenters. The minimum atomic E-state index is 0.257. The van der Waals surface area contributed by atoms with Gasteiger partial charge in [0.1, 0.15) is 5.82 Å². The number of likely N-dealkylation sites (tertiary alicyclic amines) is 1. The van der Waals surface area contributed by atoms with E-state index in [1.54, 1.807) is 7.11 Å². The highest BCUT2D eigenvalue weighted by atomic mass is 16.5. The highest BCUT2D eigenvalue weighted by molar-refractivity contribution is 5.11. The van der Waals surface area contributed by atoms with E-state index in [1.807, 2.05) is 19.1 Å². The Morgan fingerprint density at radius 2 is 2.24 bits per heavy atom. The number of ether oxygens (including phenoxy) is 1. The molecule has 1 fully saturated rings. The van der Waals surface area contributed by atoms with E-state index in [9.17, 15) is 0 Å². The first-order valence-corrected chi connectivity index (χ1v) is 7.26. The third-order valence-electron chi connectivity index (χ3n) is 3.80. The Labute approximate surface area is 123 Å². The van der Waals surface area contributed by atoms with Crippen LogP contribution in [0, 0.1) is 6.92 Å². The summed E-state index contributed by atoms with van der Waals surface area (Å²) in [4.78, 5) is 6.87. The lowest BCUT2D eigenvalue weighted by Crippen LogP contribution is -2.34. The zero-order chi connectivity index (χ0) is 14.7. The highest BCUT2D eigenvalue weighted by Gasteiger charge is 2.27. The predicted molar refractivity (Wildman–Crippen MR) is 76.7 cm³/mol. The second-order valence-electron chi connectivity index (χ2n) is 5.33. The molecule has 3 heterocycles. The quantitative estimate of drug-likeness (QED) is 0.921. The maximum atomic E-state index is 5.04. The smallest absolute Gasteiger partial charge is 0.233 e. The molecule has 21 heavy (non-hydrogen) atoms. The molecule has 0 spiro atoms. The molecule has 2 aromatic heterocycles. The zero-order valence-corrected chi connectivity index (χ0v) is 12.4. The van der Waals surface area contributed by atoms with E-state index in [1.165, 1.54) is 12.8 Å². The SMILES string of the molecule is COc1ccc(CN2CCCCC2c2n[nH]c(C)n2)nn1. The minimum absolute atomic E-state index is 0.257. The fourth-order valence-electron chi connectivity index (χ4n) is 2.73. The first-order chi connectivity index (χ1) is 10.3. The maximum absolute atomic E-state index is 5.04. The molecular formula is C14H20N6O. The number of aromatic amines is 1. The lowest BCUT2D eigenvalue weighted by atomic mass is 10.0. The Morgan fingerprint density at radius 1 is 1.33 bits per heavy atom. The first-order valence-electron chi connectivity index (χ1n) is 7.26. The van der Waals surface area contributed by atoms with Gasteiger partial charge in [-0.05, 0) is 32.4 Å². The Morgan fingerprint density at radius 3 is 2.90 bits per heavy atom. The Balaban J connectivity index is 1.74. The average molecular weight is 288 g/mol. The lowest BCUT2D eigenvalue weighted by molar-refractivity contribution is 0.132. The summed E-state index contributed by atoms with van der Waals surface area (Å²) in [6.07, 6.45) is 3.49. The topological polar surface area (TPSA) is 79.8 Å². The average Bonchev–Trinajstić information content (AvgIpc) is 2.95. The summed E-state index contributed by atoms with van der Waals surface area (Å²) in [5.74, 6) is 2.28. The van der Waals surface area contributed by atoms with Crippen molar-refractivity contribution in [2.75, 3.05) is 13.7 Å². The molecule has 7 nitrogen and oxygen atoms in total.